The molecule has 1 aliphatic rings. The number of sulfonamides is 1. The number of rotatable bonds is 6. The van der Waals surface area contributed by atoms with E-state index in [9.17, 15) is 13.2 Å². The first-order chi connectivity index (χ1) is 15.8. The fourth-order valence-electron chi connectivity index (χ4n) is 3.27. The van der Waals surface area contributed by atoms with Gasteiger partial charge in [-0.05, 0) is 30.6 Å². The topological polar surface area (TPSA) is 131 Å². The van der Waals surface area contributed by atoms with Crippen molar-refractivity contribution in [2.75, 3.05) is 39.0 Å². The SMILES string of the molecule is CN1CCN(S(=O)(=O)c2ccc(-c3cnc(N)c(OC(=O)NCc4cccs4)n3)cc2)CC1.Cl. The van der Waals surface area contributed by atoms with E-state index in [-0.39, 0.29) is 29.0 Å². The van der Waals surface area contributed by atoms with Crippen LogP contribution in [0.2, 0.25) is 0 Å². The molecular weight excluding hydrogens is 500 g/mol. The highest BCUT2D eigenvalue weighted by atomic mass is 35.5. The Morgan fingerprint density at radius 2 is 1.88 bits per heavy atom. The standard InChI is InChI=1S/C21H24N6O4S2.ClH/c1-26-8-10-27(11-9-26)33(29,30)17-6-4-15(5-7-17)18-14-23-19(22)20(25-18)31-21(28)24-13-16-3-2-12-32-16;/h2-7,12,14H,8-11,13H2,1H3,(H2,22,23)(H,24,28);1H. The van der Waals surface area contributed by atoms with Crippen LogP contribution >= 0.6 is 23.7 Å². The predicted octanol–water partition coefficient (Wildman–Crippen LogP) is 2.43. The van der Waals surface area contributed by atoms with Crippen LogP contribution in [0.4, 0.5) is 10.6 Å². The lowest BCUT2D eigenvalue weighted by molar-refractivity contribution is 0.198. The summed E-state index contributed by atoms with van der Waals surface area (Å²) < 4.78 is 32.5. The van der Waals surface area contributed by atoms with Gasteiger partial charge < -0.3 is 20.7 Å². The normalized spacial score (nSPS) is 14.9. The molecule has 10 nitrogen and oxygen atoms in total. The van der Waals surface area contributed by atoms with Crippen LogP contribution in [0.5, 0.6) is 5.88 Å². The summed E-state index contributed by atoms with van der Waals surface area (Å²) in [6.45, 7) is 2.63. The van der Waals surface area contributed by atoms with Gasteiger partial charge in [0.1, 0.15) is 0 Å². The molecule has 1 fully saturated rings. The molecule has 182 valence electrons. The van der Waals surface area contributed by atoms with Crippen LogP contribution < -0.4 is 15.8 Å². The molecule has 13 heteroatoms. The molecule has 0 aliphatic carbocycles. The maximum Gasteiger partial charge on any atom is 0.414 e. The molecule has 1 aromatic carbocycles. The Hall–Kier alpha value is -2.77. The number of likely N-dealkylation sites (N-methyl/N-ethyl adjacent to an activating group) is 1. The molecule has 34 heavy (non-hydrogen) atoms. The van der Waals surface area contributed by atoms with Gasteiger partial charge in [-0.15, -0.1) is 23.7 Å². The molecule has 0 atom stereocenters. The minimum absolute atomic E-state index is 0. The number of nitrogens with two attached hydrogens (primary N) is 1. The smallest absolute Gasteiger partial charge is 0.387 e. The first kappa shape index (κ1) is 25.8. The van der Waals surface area contributed by atoms with Crippen molar-refractivity contribution in [3.05, 3.63) is 52.9 Å². The highest BCUT2D eigenvalue weighted by molar-refractivity contribution is 7.89. The Morgan fingerprint density at radius 1 is 1.18 bits per heavy atom. The molecule has 2 aromatic heterocycles. The maximum absolute atomic E-state index is 12.9. The lowest BCUT2D eigenvalue weighted by Gasteiger charge is -2.31. The molecule has 1 aliphatic heterocycles. The molecule has 1 saturated heterocycles. The Bertz CT molecular complexity index is 1210. The van der Waals surface area contributed by atoms with Crippen LogP contribution in [-0.4, -0.2) is 66.9 Å². The number of piperazine rings is 1. The van der Waals surface area contributed by atoms with Gasteiger partial charge >= 0.3 is 6.09 Å². The summed E-state index contributed by atoms with van der Waals surface area (Å²) in [6.07, 6.45) is 0.741. The third kappa shape index (κ3) is 6.02. The van der Waals surface area contributed by atoms with Crippen molar-refractivity contribution >= 4 is 45.7 Å². The maximum atomic E-state index is 12.9. The van der Waals surface area contributed by atoms with E-state index in [0.29, 0.717) is 44.0 Å². The summed E-state index contributed by atoms with van der Waals surface area (Å²) in [7, 11) is -1.60. The van der Waals surface area contributed by atoms with Crippen LogP contribution in [0.25, 0.3) is 11.3 Å². The summed E-state index contributed by atoms with van der Waals surface area (Å²) in [5.74, 6) is -0.149. The highest BCUT2D eigenvalue weighted by Crippen LogP contribution is 2.25. The number of anilines is 1. The molecule has 3 heterocycles. The van der Waals surface area contributed by atoms with E-state index in [1.54, 1.807) is 12.1 Å². The van der Waals surface area contributed by atoms with Gasteiger partial charge in [0.2, 0.25) is 10.0 Å². The zero-order valence-corrected chi connectivity index (χ0v) is 20.8. The van der Waals surface area contributed by atoms with Crippen LogP contribution in [0.3, 0.4) is 0 Å². The molecule has 0 bridgehead atoms. The largest absolute Gasteiger partial charge is 0.414 e. The molecule has 0 radical (unpaired) electrons. The molecule has 0 saturated carbocycles. The third-order valence-electron chi connectivity index (χ3n) is 5.19. The van der Waals surface area contributed by atoms with E-state index in [4.69, 9.17) is 10.5 Å². The minimum Gasteiger partial charge on any atom is -0.387 e. The van der Waals surface area contributed by atoms with E-state index in [1.165, 1.54) is 34.0 Å². The average Bonchev–Trinajstić information content (AvgIpc) is 3.33. The number of aromatic nitrogens is 2. The summed E-state index contributed by atoms with van der Waals surface area (Å²) in [6, 6.07) is 10.1. The lowest BCUT2D eigenvalue weighted by Crippen LogP contribution is -2.46. The number of nitrogens with zero attached hydrogens (tertiary/aromatic N) is 4. The molecule has 3 N–H and O–H groups in total. The number of amides is 1. The van der Waals surface area contributed by atoms with Crippen LogP contribution in [0.15, 0.2) is 52.9 Å². The third-order valence-corrected chi connectivity index (χ3v) is 7.98. The Morgan fingerprint density at radius 3 is 2.53 bits per heavy atom. The van der Waals surface area contributed by atoms with Gasteiger partial charge in [0.05, 0.1) is 23.3 Å². The van der Waals surface area contributed by atoms with E-state index in [0.717, 1.165) is 4.88 Å². The number of thiophene rings is 1. The molecule has 3 aromatic rings. The Labute approximate surface area is 208 Å². The number of ether oxygens (including phenoxy) is 1. The minimum atomic E-state index is -3.57. The van der Waals surface area contributed by atoms with Gasteiger partial charge in [0.25, 0.3) is 5.88 Å². The highest BCUT2D eigenvalue weighted by Gasteiger charge is 2.27. The van der Waals surface area contributed by atoms with Crippen molar-refractivity contribution in [2.24, 2.45) is 0 Å². The summed E-state index contributed by atoms with van der Waals surface area (Å²) in [4.78, 5) is 23.7. The fourth-order valence-corrected chi connectivity index (χ4v) is 5.33. The van der Waals surface area contributed by atoms with Gasteiger partial charge in [0, 0.05) is 36.6 Å². The van der Waals surface area contributed by atoms with Crippen molar-refractivity contribution in [3.63, 3.8) is 0 Å². The average molecular weight is 525 g/mol. The lowest BCUT2D eigenvalue weighted by atomic mass is 10.2. The van der Waals surface area contributed by atoms with Crippen LogP contribution in [-0.2, 0) is 16.6 Å². The number of halogens is 1. The fraction of sp³-hybridized carbons (Fsp3) is 0.286. The zero-order valence-electron chi connectivity index (χ0n) is 18.4. The molecule has 4 rings (SSSR count). The summed E-state index contributed by atoms with van der Waals surface area (Å²) >= 11 is 1.52. The quantitative estimate of drug-likeness (QED) is 0.502. The molecular formula is C21H25ClN6O4S2. The number of nitrogen functional groups attached to an aromatic ring is 1. The van der Waals surface area contributed by atoms with Crippen molar-refractivity contribution in [3.8, 4) is 17.1 Å². The monoisotopic (exact) mass is 524 g/mol. The van der Waals surface area contributed by atoms with Gasteiger partial charge in [-0.3, -0.25) is 0 Å². The van der Waals surface area contributed by atoms with E-state index >= 15 is 0 Å². The molecule has 0 spiro atoms. The van der Waals surface area contributed by atoms with Crippen molar-refractivity contribution in [1.29, 1.82) is 0 Å². The first-order valence-electron chi connectivity index (χ1n) is 10.2. The number of nitrogens with one attached hydrogen (secondary N) is 1. The van der Waals surface area contributed by atoms with E-state index < -0.39 is 16.1 Å². The van der Waals surface area contributed by atoms with Crippen molar-refractivity contribution in [1.82, 2.24) is 24.5 Å². The molecule has 0 unspecified atom stereocenters. The van der Waals surface area contributed by atoms with Gasteiger partial charge in [-0.1, -0.05) is 18.2 Å². The van der Waals surface area contributed by atoms with Crippen LogP contribution in [0.1, 0.15) is 4.88 Å². The number of hydrogen-bond donors (Lipinski definition) is 2. The van der Waals surface area contributed by atoms with E-state index in [2.05, 4.69) is 20.2 Å². The zero-order chi connectivity index (χ0) is 23.4. The second-order valence-corrected chi connectivity index (χ2v) is 10.5. The van der Waals surface area contributed by atoms with Crippen molar-refractivity contribution in [2.45, 2.75) is 11.4 Å². The summed E-state index contributed by atoms with van der Waals surface area (Å²) in [5.41, 5.74) is 6.83. The van der Waals surface area contributed by atoms with Gasteiger partial charge in [-0.25, -0.2) is 23.2 Å². The predicted molar refractivity (Wildman–Crippen MR) is 133 cm³/mol. The van der Waals surface area contributed by atoms with E-state index in [1.807, 2.05) is 24.6 Å². The van der Waals surface area contributed by atoms with Gasteiger partial charge in [-0.2, -0.15) is 4.31 Å². The molecule has 1 amide bonds. The summed E-state index contributed by atoms with van der Waals surface area (Å²) in [5, 5.41) is 4.54. The second kappa shape index (κ2) is 11.1. The first-order valence-corrected chi connectivity index (χ1v) is 12.5. The Balaban J connectivity index is 0.00000324. The second-order valence-electron chi connectivity index (χ2n) is 7.50. The van der Waals surface area contributed by atoms with Gasteiger partial charge in [0.15, 0.2) is 5.82 Å². The van der Waals surface area contributed by atoms with Crippen molar-refractivity contribution < 1.29 is 17.9 Å². The number of carbonyl (C=O) groups excluding carboxylic acids is 1. The number of hydrogen-bond acceptors (Lipinski definition) is 9. The number of benzene rings is 1. The Kier molecular flexibility index (Phi) is 8.44. The van der Waals surface area contributed by atoms with Crippen LogP contribution in [0, 0.1) is 0 Å². The number of carbonyl (C=O) groups is 1.